The second-order valence-electron chi connectivity index (χ2n) is 12.2. The van der Waals surface area contributed by atoms with Crippen molar-refractivity contribution >= 4 is 27.5 Å². The van der Waals surface area contributed by atoms with Crippen LogP contribution < -0.4 is 14.4 Å². The number of anilines is 1. The summed E-state index contributed by atoms with van der Waals surface area (Å²) >= 11 is 0. The second-order valence-corrected chi connectivity index (χ2v) is 14.1. The molecule has 2 amide bonds. The highest BCUT2D eigenvalue weighted by Crippen LogP contribution is 2.27. The lowest BCUT2D eigenvalue weighted by Gasteiger charge is -2.35. The fraction of sp³-hybridized carbons (Fsp3) is 0.333. The van der Waals surface area contributed by atoms with Crippen LogP contribution in [0.15, 0.2) is 114 Å². The number of ether oxygens (including phenoxy) is 1. The van der Waals surface area contributed by atoms with E-state index in [0.29, 0.717) is 18.0 Å². The highest BCUT2D eigenvalue weighted by molar-refractivity contribution is 7.92. The van der Waals surface area contributed by atoms with Gasteiger partial charge in [0.2, 0.25) is 11.8 Å². The van der Waals surface area contributed by atoms with Gasteiger partial charge in [0.25, 0.3) is 10.0 Å². The van der Waals surface area contributed by atoms with Crippen LogP contribution in [-0.2, 0) is 32.6 Å². The van der Waals surface area contributed by atoms with Crippen molar-refractivity contribution < 1.29 is 22.7 Å². The number of nitrogens with one attached hydrogen (secondary N) is 1. The molecule has 5 rings (SSSR count). The molecular weight excluding hydrogens is 623 g/mol. The van der Waals surface area contributed by atoms with E-state index in [4.69, 9.17) is 4.74 Å². The molecule has 252 valence electrons. The molecule has 4 aromatic rings. The minimum absolute atomic E-state index is 0.0314. The molecule has 1 N–H and O–H groups in total. The van der Waals surface area contributed by atoms with E-state index in [1.807, 2.05) is 68.4 Å². The van der Waals surface area contributed by atoms with Crippen molar-refractivity contribution in [3.05, 3.63) is 126 Å². The second kappa shape index (κ2) is 16.5. The van der Waals surface area contributed by atoms with E-state index in [-0.39, 0.29) is 29.8 Å². The number of nitrogens with zero attached hydrogens (tertiary/aromatic N) is 2. The number of hydrogen-bond donors (Lipinski definition) is 1. The van der Waals surface area contributed by atoms with Crippen LogP contribution in [0.3, 0.4) is 0 Å². The summed E-state index contributed by atoms with van der Waals surface area (Å²) in [7, 11) is -4.19. The average molecular weight is 668 g/mol. The van der Waals surface area contributed by atoms with E-state index in [1.54, 1.807) is 47.4 Å². The standard InChI is InChI=1S/C39H45N3O5S/c1-3-47-35-23-25-36(26-24-35)48(45,46)42(34-21-11-6-12-22-34)29-38(43)41(28-32-18-14-13-15-30(32)2)37(27-31-16-7-4-8-17-31)39(44)40-33-19-9-5-10-20-33/h4,6-8,11-18,21-26,33,37H,3,5,9-10,19-20,27-29H2,1-2H3,(H,40,44)/t37-/m0/s1. The van der Waals surface area contributed by atoms with Crippen molar-refractivity contribution in [2.75, 3.05) is 17.5 Å². The number of para-hydroxylation sites is 1. The van der Waals surface area contributed by atoms with Gasteiger partial charge in [-0.15, -0.1) is 0 Å². The lowest BCUT2D eigenvalue weighted by molar-refractivity contribution is -0.140. The third kappa shape index (κ3) is 8.83. The monoisotopic (exact) mass is 667 g/mol. The molecule has 1 aliphatic carbocycles. The third-order valence-corrected chi connectivity index (χ3v) is 10.7. The van der Waals surface area contributed by atoms with E-state index in [2.05, 4.69) is 5.32 Å². The molecule has 1 saturated carbocycles. The van der Waals surface area contributed by atoms with E-state index < -0.39 is 28.5 Å². The van der Waals surface area contributed by atoms with Crippen LogP contribution >= 0.6 is 0 Å². The first kappa shape index (κ1) is 34.7. The zero-order chi connectivity index (χ0) is 33.9. The average Bonchev–Trinajstić information content (AvgIpc) is 3.11. The normalized spacial score (nSPS) is 14.1. The van der Waals surface area contributed by atoms with Crippen molar-refractivity contribution in [1.29, 1.82) is 0 Å². The summed E-state index contributed by atoms with van der Waals surface area (Å²) in [6, 6.07) is 31.4. The summed E-state index contributed by atoms with van der Waals surface area (Å²) in [4.78, 5) is 30.6. The Labute approximate surface area is 284 Å². The molecular formula is C39H45N3O5S. The molecule has 0 heterocycles. The number of aryl methyl sites for hydroxylation is 1. The van der Waals surface area contributed by atoms with Gasteiger partial charge >= 0.3 is 0 Å². The molecule has 48 heavy (non-hydrogen) atoms. The van der Waals surface area contributed by atoms with Crippen LogP contribution in [0.25, 0.3) is 0 Å². The van der Waals surface area contributed by atoms with Gasteiger partial charge in [-0.1, -0.05) is 92.1 Å². The highest BCUT2D eigenvalue weighted by atomic mass is 32.2. The largest absolute Gasteiger partial charge is 0.494 e. The zero-order valence-electron chi connectivity index (χ0n) is 27.8. The highest BCUT2D eigenvalue weighted by Gasteiger charge is 2.35. The number of rotatable bonds is 14. The van der Waals surface area contributed by atoms with E-state index in [9.17, 15) is 18.0 Å². The number of amides is 2. The Morgan fingerprint density at radius 1 is 0.833 bits per heavy atom. The molecule has 0 aromatic heterocycles. The summed E-state index contributed by atoms with van der Waals surface area (Å²) in [5.74, 6) is -0.152. The first-order chi connectivity index (χ1) is 23.3. The Morgan fingerprint density at radius 3 is 2.10 bits per heavy atom. The van der Waals surface area contributed by atoms with E-state index in [0.717, 1.165) is 53.1 Å². The van der Waals surface area contributed by atoms with Crippen molar-refractivity contribution in [3.63, 3.8) is 0 Å². The predicted octanol–water partition coefficient (Wildman–Crippen LogP) is 6.68. The first-order valence-corrected chi connectivity index (χ1v) is 18.2. The number of hydrogen-bond acceptors (Lipinski definition) is 5. The molecule has 0 radical (unpaired) electrons. The van der Waals surface area contributed by atoms with Crippen molar-refractivity contribution in [2.24, 2.45) is 0 Å². The molecule has 9 heteroatoms. The van der Waals surface area contributed by atoms with Gasteiger partial charge in [-0.25, -0.2) is 8.42 Å². The molecule has 1 atom stereocenters. The van der Waals surface area contributed by atoms with Crippen LogP contribution in [0, 0.1) is 6.92 Å². The van der Waals surface area contributed by atoms with Gasteiger partial charge in [0.1, 0.15) is 18.3 Å². The molecule has 1 fully saturated rings. The lowest BCUT2D eigenvalue weighted by Crippen LogP contribution is -2.55. The molecule has 0 aliphatic heterocycles. The quantitative estimate of drug-likeness (QED) is 0.162. The maximum absolute atomic E-state index is 14.7. The summed E-state index contributed by atoms with van der Waals surface area (Å²) in [6.07, 6.45) is 5.34. The maximum atomic E-state index is 14.7. The predicted molar refractivity (Wildman–Crippen MR) is 189 cm³/mol. The number of carbonyl (C=O) groups is 2. The molecule has 0 spiro atoms. The topological polar surface area (TPSA) is 96.0 Å². The summed E-state index contributed by atoms with van der Waals surface area (Å²) in [5.41, 5.74) is 3.12. The minimum atomic E-state index is -4.19. The van der Waals surface area contributed by atoms with Crippen LogP contribution in [0.2, 0.25) is 0 Å². The Balaban J connectivity index is 1.54. The lowest BCUT2D eigenvalue weighted by atomic mass is 9.94. The first-order valence-electron chi connectivity index (χ1n) is 16.7. The number of sulfonamides is 1. The Hall–Kier alpha value is -4.63. The fourth-order valence-electron chi connectivity index (χ4n) is 6.19. The van der Waals surface area contributed by atoms with Crippen molar-refractivity contribution in [1.82, 2.24) is 10.2 Å². The van der Waals surface area contributed by atoms with Crippen LogP contribution in [-0.4, -0.2) is 50.4 Å². The molecule has 8 nitrogen and oxygen atoms in total. The minimum Gasteiger partial charge on any atom is -0.494 e. The van der Waals surface area contributed by atoms with Gasteiger partial charge in [0.15, 0.2) is 0 Å². The van der Waals surface area contributed by atoms with Gasteiger partial charge in [-0.3, -0.25) is 13.9 Å². The summed E-state index contributed by atoms with van der Waals surface area (Å²) in [6.45, 7) is 3.93. The van der Waals surface area contributed by atoms with Crippen molar-refractivity contribution in [2.45, 2.75) is 75.9 Å². The maximum Gasteiger partial charge on any atom is 0.264 e. The summed E-state index contributed by atoms with van der Waals surface area (Å²) < 4.78 is 35.2. The van der Waals surface area contributed by atoms with E-state index >= 15 is 0 Å². The van der Waals surface area contributed by atoms with Crippen LogP contribution in [0.5, 0.6) is 5.75 Å². The van der Waals surface area contributed by atoms with Gasteiger partial charge < -0.3 is 15.0 Å². The Morgan fingerprint density at radius 2 is 1.46 bits per heavy atom. The number of benzene rings is 4. The molecule has 0 bridgehead atoms. The van der Waals surface area contributed by atoms with E-state index in [1.165, 1.54) is 12.1 Å². The number of carbonyl (C=O) groups excluding carboxylic acids is 2. The molecule has 1 aliphatic rings. The van der Waals surface area contributed by atoms with Crippen molar-refractivity contribution in [3.8, 4) is 5.75 Å². The Kier molecular flexibility index (Phi) is 11.9. The smallest absolute Gasteiger partial charge is 0.264 e. The van der Waals surface area contributed by atoms with Gasteiger partial charge in [-0.2, -0.15) is 0 Å². The van der Waals surface area contributed by atoms with Crippen LogP contribution in [0.1, 0.15) is 55.7 Å². The SMILES string of the molecule is CCOc1ccc(S(=O)(=O)N(CC(=O)N(Cc2ccccc2C)[C@@H](Cc2ccccc2)C(=O)NC2CCCCC2)c2ccccc2)cc1. The van der Waals surface area contributed by atoms with Gasteiger partial charge in [-0.05, 0) is 79.8 Å². The zero-order valence-corrected chi connectivity index (χ0v) is 28.6. The summed E-state index contributed by atoms with van der Waals surface area (Å²) in [5, 5.41) is 3.26. The van der Waals surface area contributed by atoms with Crippen LogP contribution in [0.4, 0.5) is 5.69 Å². The fourth-order valence-corrected chi connectivity index (χ4v) is 7.61. The van der Waals surface area contributed by atoms with Gasteiger partial charge in [0.05, 0.1) is 17.2 Å². The third-order valence-electron chi connectivity index (χ3n) is 8.87. The Bertz CT molecular complexity index is 1740. The molecule has 0 saturated heterocycles. The molecule has 0 unspecified atom stereocenters. The molecule has 4 aromatic carbocycles. The van der Waals surface area contributed by atoms with Gasteiger partial charge in [0, 0.05) is 19.0 Å².